The Balaban J connectivity index is 1.53. The summed E-state index contributed by atoms with van der Waals surface area (Å²) < 4.78 is 6.60. The molecule has 0 unspecified atom stereocenters. The monoisotopic (exact) mass is 434 g/mol. The summed E-state index contributed by atoms with van der Waals surface area (Å²) in [7, 11) is 0. The van der Waals surface area contributed by atoms with E-state index in [4.69, 9.17) is 10.3 Å². The molecule has 0 radical (unpaired) electrons. The van der Waals surface area contributed by atoms with Crippen LogP contribution in [-0.4, -0.2) is 50.4 Å². The van der Waals surface area contributed by atoms with Gasteiger partial charge in [0.2, 0.25) is 17.0 Å². The Bertz CT molecular complexity index is 966. The Labute approximate surface area is 176 Å². The van der Waals surface area contributed by atoms with Crippen molar-refractivity contribution in [3.05, 3.63) is 40.5 Å². The zero-order chi connectivity index (χ0) is 20.8. The van der Waals surface area contributed by atoms with Crippen molar-refractivity contribution in [2.24, 2.45) is 0 Å². The van der Waals surface area contributed by atoms with E-state index < -0.39 is 0 Å². The lowest BCUT2D eigenvalue weighted by atomic mass is 10.2. The molecule has 3 N–H and O–H groups in total. The van der Waals surface area contributed by atoms with Gasteiger partial charge in [0.15, 0.2) is 5.82 Å². The first-order chi connectivity index (χ1) is 14.0. The first kappa shape index (κ1) is 20.9. The molecule has 0 bridgehead atoms. The molecule has 11 heteroatoms. The van der Waals surface area contributed by atoms with Crippen LogP contribution in [0.5, 0.6) is 0 Å². The zero-order valence-electron chi connectivity index (χ0n) is 16.1. The number of carbonyl (C=O) groups excluding carboxylic acids is 2. The number of aromatic nitrogens is 3. The number of likely N-dealkylation sites (N-methyl/N-ethyl adjacent to an activating group) is 1. The molecule has 3 rings (SSSR count). The average molecular weight is 435 g/mol. The molecule has 3 heterocycles. The molecule has 29 heavy (non-hydrogen) atoms. The Morgan fingerprint density at radius 2 is 2.21 bits per heavy atom. The van der Waals surface area contributed by atoms with E-state index in [1.54, 1.807) is 23.7 Å². The standard InChI is InChI=1S/C18H22N6O3S2/c1-3-23(10-15(25)20-9-13-5-4-8-28-13)16(26)11-29-18-22-21-17(24(18)19)14-6-7-27-12(14)2/h4-8H,3,9-11,19H2,1-2H3,(H,20,25). The lowest BCUT2D eigenvalue weighted by molar-refractivity contribution is -0.133. The van der Waals surface area contributed by atoms with E-state index in [1.807, 2.05) is 31.4 Å². The Morgan fingerprint density at radius 1 is 1.38 bits per heavy atom. The van der Waals surface area contributed by atoms with Gasteiger partial charge in [-0.1, -0.05) is 17.8 Å². The Morgan fingerprint density at radius 3 is 2.86 bits per heavy atom. The number of amides is 2. The van der Waals surface area contributed by atoms with E-state index in [-0.39, 0.29) is 24.1 Å². The molecule has 0 saturated heterocycles. The molecular formula is C18H22N6O3S2. The number of furan rings is 1. The van der Waals surface area contributed by atoms with Crippen LogP contribution >= 0.6 is 23.1 Å². The maximum atomic E-state index is 12.5. The molecule has 0 spiro atoms. The topological polar surface area (TPSA) is 119 Å². The molecule has 3 aromatic rings. The zero-order valence-corrected chi connectivity index (χ0v) is 17.8. The van der Waals surface area contributed by atoms with Crippen LogP contribution < -0.4 is 11.2 Å². The van der Waals surface area contributed by atoms with E-state index >= 15 is 0 Å². The molecule has 3 aromatic heterocycles. The summed E-state index contributed by atoms with van der Waals surface area (Å²) in [6.45, 7) is 4.55. The van der Waals surface area contributed by atoms with Gasteiger partial charge >= 0.3 is 0 Å². The third-order valence-electron chi connectivity index (χ3n) is 4.20. The predicted octanol–water partition coefficient (Wildman–Crippen LogP) is 1.88. The predicted molar refractivity (Wildman–Crippen MR) is 112 cm³/mol. The molecule has 0 saturated carbocycles. The minimum absolute atomic E-state index is 0.00997. The van der Waals surface area contributed by atoms with Gasteiger partial charge in [-0.25, -0.2) is 4.68 Å². The van der Waals surface area contributed by atoms with E-state index in [9.17, 15) is 9.59 Å². The van der Waals surface area contributed by atoms with E-state index in [0.29, 0.717) is 29.8 Å². The van der Waals surface area contributed by atoms with Crippen molar-refractivity contribution < 1.29 is 14.0 Å². The van der Waals surface area contributed by atoms with Crippen molar-refractivity contribution in [2.75, 3.05) is 24.7 Å². The van der Waals surface area contributed by atoms with E-state index in [2.05, 4.69) is 15.5 Å². The Hall–Kier alpha value is -2.79. The second kappa shape index (κ2) is 9.61. The second-order valence-electron chi connectivity index (χ2n) is 6.12. The number of hydrogen-bond acceptors (Lipinski definition) is 8. The van der Waals surface area contributed by atoms with Crippen molar-refractivity contribution in [2.45, 2.75) is 25.5 Å². The quantitative estimate of drug-likeness (QED) is 0.390. The number of nitrogens with zero attached hydrogens (tertiary/aromatic N) is 4. The number of carbonyl (C=O) groups is 2. The molecule has 2 amide bonds. The van der Waals surface area contributed by atoms with Crippen molar-refractivity contribution >= 4 is 34.9 Å². The molecular weight excluding hydrogens is 412 g/mol. The van der Waals surface area contributed by atoms with Gasteiger partial charge in [-0.15, -0.1) is 21.5 Å². The number of nitrogens with one attached hydrogen (secondary N) is 1. The number of nitrogen functional groups attached to an aromatic ring is 1. The fourth-order valence-corrected chi connectivity index (χ4v) is 4.00. The van der Waals surface area contributed by atoms with E-state index in [0.717, 1.165) is 10.4 Å². The fourth-order valence-electron chi connectivity index (χ4n) is 2.60. The number of thiophene rings is 1. The summed E-state index contributed by atoms with van der Waals surface area (Å²) in [5.74, 6) is 6.95. The van der Waals surface area contributed by atoms with Crippen LogP contribution in [0.25, 0.3) is 11.4 Å². The summed E-state index contributed by atoms with van der Waals surface area (Å²) in [5, 5.41) is 13.3. The Kier molecular flexibility index (Phi) is 6.94. The normalized spacial score (nSPS) is 10.8. The van der Waals surface area contributed by atoms with Crippen molar-refractivity contribution in [1.29, 1.82) is 0 Å². The lowest BCUT2D eigenvalue weighted by Gasteiger charge is -2.20. The molecule has 0 aromatic carbocycles. The first-order valence-corrected chi connectivity index (χ1v) is 10.8. The van der Waals surface area contributed by atoms with Gasteiger partial charge < -0.3 is 20.5 Å². The minimum atomic E-state index is -0.196. The smallest absolute Gasteiger partial charge is 0.239 e. The highest BCUT2D eigenvalue weighted by molar-refractivity contribution is 7.99. The van der Waals surface area contributed by atoms with Crippen molar-refractivity contribution in [3.63, 3.8) is 0 Å². The molecule has 0 fully saturated rings. The van der Waals surface area contributed by atoms with Gasteiger partial charge in [0.25, 0.3) is 0 Å². The first-order valence-electron chi connectivity index (χ1n) is 8.94. The molecule has 154 valence electrons. The summed E-state index contributed by atoms with van der Waals surface area (Å²) in [6.07, 6.45) is 1.55. The maximum absolute atomic E-state index is 12.5. The molecule has 9 nitrogen and oxygen atoms in total. The number of aryl methyl sites for hydroxylation is 1. The van der Waals surface area contributed by atoms with Gasteiger partial charge in [0, 0.05) is 11.4 Å². The lowest BCUT2D eigenvalue weighted by Crippen LogP contribution is -2.41. The highest BCUT2D eigenvalue weighted by atomic mass is 32.2. The number of thioether (sulfide) groups is 1. The number of rotatable bonds is 9. The van der Waals surface area contributed by atoms with Crippen molar-refractivity contribution in [1.82, 2.24) is 25.1 Å². The minimum Gasteiger partial charge on any atom is -0.469 e. The van der Waals surface area contributed by atoms with Crippen LogP contribution in [0, 0.1) is 6.92 Å². The van der Waals surface area contributed by atoms with Gasteiger partial charge in [-0.2, -0.15) is 0 Å². The van der Waals surface area contributed by atoms with Crippen LogP contribution in [-0.2, 0) is 16.1 Å². The molecule has 0 aliphatic rings. The summed E-state index contributed by atoms with van der Waals surface area (Å²) >= 11 is 2.75. The van der Waals surface area contributed by atoms with Gasteiger partial charge in [-0.05, 0) is 31.4 Å². The molecule has 0 atom stereocenters. The highest BCUT2D eigenvalue weighted by Crippen LogP contribution is 2.25. The third-order valence-corrected chi connectivity index (χ3v) is 6.00. The number of hydrogen-bond donors (Lipinski definition) is 2. The van der Waals surface area contributed by atoms with Crippen LogP contribution in [0.3, 0.4) is 0 Å². The molecule has 0 aliphatic carbocycles. The second-order valence-corrected chi connectivity index (χ2v) is 8.09. The summed E-state index contributed by atoms with van der Waals surface area (Å²) in [5.41, 5.74) is 0.746. The average Bonchev–Trinajstić information content (AvgIpc) is 3.44. The maximum Gasteiger partial charge on any atom is 0.239 e. The van der Waals surface area contributed by atoms with Gasteiger partial charge in [0.1, 0.15) is 5.76 Å². The van der Waals surface area contributed by atoms with E-state index in [1.165, 1.54) is 21.3 Å². The third kappa shape index (κ3) is 5.18. The van der Waals surface area contributed by atoms with Crippen molar-refractivity contribution in [3.8, 4) is 11.4 Å². The van der Waals surface area contributed by atoms with Crippen LogP contribution in [0.1, 0.15) is 17.6 Å². The number of nitrogens with two attached hydrogens (primary N) is 1. The highest BCUT2D eigenvalue weighted by Gasteiger charge is 2.19. The van der Waals surface area contributed by atoms with Gasteiger partial charge in [0.05, 0.1) is 30.7 Å². The van der Waals surface area contributed by atoms with Crippen LogP contribution in [0.2, 0.25) is 0 Å². The fraction of sp³-hybridized carbons (Fsp3) is 0.333. The summed E-state index contributed by atoms with van der Waals surface area (Å²) in [6, 6.07) is 5.64. The van der Waals surface area contributed by atoms with Crippen LogP contribution in [0.4, 0.5) is 0 Å². The largest absolute Gasteiger partial charge is 0.469 e. The van der Waals surface area contributed by atoms with Crippen LogP contribution in [0.15, 0.2) is 39.4 Å². The molecule has 0 aliphatic heterocycles. The summed E-state index contributed by atoms with van der Waals surface area (Å²) in [4.78, 5) is 27.2. The van der Waals surface area contributed by atoms with Gasteiger partial charge in [-0.3, -0.25) is 9.59 Å². The SMILES string of the molecule is CCN(CC(=O)NCc1cccs1)C(=O)CSc1nnc(-c2ccoc2C)n1N.